The van der Waals surface area contributed by atoms with Crippen LogP contribution in [0.15, 0.2) is 24.5 Å². The predicted molar refractivity (Wildman–Crippen MR) is 84.0 cm³/mol. The topological polar surface area (TPSA) is 61.9 Å². The van der Waals surface area contributed by atoms with E-state index in [2.05, 4.69) is 15.2 Å². The number of hydrogen-bond donors (Lipinski definition) is 1. The summed E-state index contributed by atoms with van der Waals surface area (Å²) >= 11 is 0. The first-order valence-electron chi connectivity index (χ1n) is 8.13. The van der Waals surface area contributed by atoms with Gasteiger partial charge in [-0.1, -0.05) is 19.3 Å². The fourth-order valence-corrected chi connectivity index (χ4v) is 3.65. The van der Waals surface area contributed by atoms with Crippen LogP contribution in [0.5, 0.6) is 0 Å². The summed E-state index contributed by atoms with van der Waals surface area (Å²) in [4.78, 5) is 18.7. The molecule has 0 aromatic carbocycles. The number of amides is 1. The number of H-pyrrole nitrogens is 1. The summed E-state index contributed by atoms with van der Waals surface area (Å²) < 4.78 is 0. The lowest BCUT2D eigenvalue weighted by atomic mass is 9.87. The van der Waals surface area contributed by atoms with Gasteiger partial charge in [0.25, 0.3) is 5.91 Å². The van der Waals surface area contributed by atoms with E-state index < -0.39 is 0 Å². The zero-order valence-electron chi connectivity index (χ0n) is 12.6. The molecule has 5 heteroatoms. The summed E-state index contributed by atoms with van der Waals surface area (Å²) in [5, 5.41) is 7.37. The van der Waals surface area contributed by atoms with Gasteiger partial charge in [0.15, 0.2) is 5.69 Å². The largest absolute Gasteiger partial charge is 0.306 e. The molecule has 2 aliphatic rings. The maximum atomic E-state index is 12.7. The Labute approximate surface area is 129 Å². The van der Waals surface area contributed by atoms with Crippen LogP contribution in [0.25, 0.3) is 0 Å². The smallest absolute Gasteiger partial charge is 0.278 e. The predicted octanol–water partition coefficient (Wildman–Crippen LogP) is 3.06. The summed E-state index contributed by atoms with van der Waals surface area (Å²) in [5.74, 6) is 0.529. The molecule has 114 valence electrons. The SMILES string of the molecule is O=C(c1cc(C2CCCCC2)[nH]n1)N1CCc2cnccc21. The highest BCUT2D eigenvalue weighted by atomic mass is 16.2. The van der Waals surface area contributed by atoms with Crippen LogP contribution in [0.4, 0.5) is 5.69 Å². The van der Waals surface area contributed by atoms with Crippen molar-refractivity contribution in [2.75, 3.05) is 11.4 Å². The molecule has 0 radical (unpaired) electrons. The number of anilines is 1. The Morgan fingerprint density at radius 1 is 1.27 bits per heavy atom. The number of hydrogen-bond acceptors (Lipinski definition) is 3. The van der Waals surface area contributed by atoms with Crippen molar-refractivity contribution in [3.8, 4) is 0 Å². The number of nitrogens with one attached hydrogen (secondary N) is 1. The van der Waals surface area contributed by atoms with E-state index in [0.29, 0.717) is 18.2 Å². The summed E-state index contributed by atoms with van der Waals surface area (Å²) in [6, 6.07) is 3.87. The second-order valence-corrected chi connectivity index (χ2v) is 6.25. The van der Waals surface area contributed by atoms with Crippen LogP contribution < -0.4 is 4.90 Å². The molecule has 1 saturated carbocycles. The van der Waals surface area contributed by atoms with Crippen LogP contribution in [0.1, 0.15) is 59.8 Å². The van der Waals surface area contributed by atoms with E-state index >= 15 is 0 Å². The molecular weight excluding hydrogens is 276 g/mol. The highest BCUT2D eigenvalue weighted by molar-refractivity contribution is 6.06. The summed E-state index contributed by atoms with van der Waals surface area (Å²) in [7, 11) is 0. The Morgan fingerprint density at radius 3 is 3.00 bits per heavy atom. The summed E-state index contributed by atoms with van der Waals surface area (Å²) in [6.07, 6.45) is 10.7. The zero-order valence-corrected chi connectivity index (χ0v) is 12.6. The van der Waals surface area contributed by atoms with Crippen molar-refractivity contribution < 1.29 is 4.79 Å². The number of aromatic amines is 1. The minimum absolute atomic E-state index is 0.0109. The molecule has 1 amide bonds. The lowest BCUT2D eigenvalue weighted by Crippen LogP contribution is -2.29. The molecule has 1 N–H and O–H groups in total. The number of pyridine rings is 1. The van der Waals surface area contributed by atoms with Crippen molar-refractivity contribution in [2.24, 2.45) is 0 Å². The monoisotopic (exact) mass is 296 g/mol. The van der Waals surface area contributed by atoms with Crippen LogP contribution in [0.2, 0.25) is 0 Å². The Morgan fingerprint density at radius 2 is 2.14 bits per heavy atom. The highest BCUT2D eigenvalue weighted by Crippen LogP contribution is 2.32. The Bertz CT molecular complexity index is 687. The van der Waals surface area contributed by atoms with Crippen LogP contribution in [-0.4, -0.2) is 27.6 Å². The molecule has 1 aliphatic carbocycles. The van der Waals surface area contributed by atoms with Gasteiger partial charge in [-0.15, -0.1) is 0 Å². The van der Waals surface area contributed by atoms with Gasteiger partial charge in [0.1, 0.15) is 0 Å². The number of nitrogens with zero attached hydrogens (tertiary/aromatic N) is 3. The van der Waals surface area contributed by atoms with E-state index in [1.807, 2.05) is 23.2 Å². The lowest BCUT2D eigenvalue weighted by molar-refractivity contribution is 0.0984. The third kappa shape index (κ3) is 2.30. The number of carbonyl (C=O) groups is 1. The van der Waals surface area contributed by atoms with E-state index in [9.17, 15) is 4.79 Å². The quantitative estimate of drug-likeness (QED) is 0.926. The standard InChI is InChI=1S/C17H20N4O/c22-17(21-9-7-13-11-18-8-6-16(13)21)15-10-14(19-20-15)12-4-2-1-3-5-12/h6,8,10-12H,1-5,7,9H2,(H,19,20). The highest BCUT2D eigenvalue weighted by Gasteiger charge is 2.28. The van der Waals surface area contributed by atoms with Gasteiger partial charge in [-0.25, -0.2) is 0 Å². The first-order valence-corrected chi connectivity index (χ1v) is 8.13. The second-order valence-electron chi connectivity index (χ2n) is 6.25. The van der Waals surface area contributed by atoms with Crippen molar-refractivity contribution in [2.45, 2.75) is 44.4 Å². The molecule has 2 aromatic rings. The Hall–Kier alpha value is -2.17. The maximum Gasteiger partial charge on any atom is 0.278 e. The zero-order chi connectivity index (χ0) is 14.9. The van der Waals surface area contributed by atoms with Crippen LogP contribution >= 0.6 is 0 Å². The molecule has 0 unspecified atom stereocenters. The first kappa shape index (κ1) is 13.5. The van der Waals surface area contributed by atoms with Crippen molar-refractivity contribution >= 4 is 11.6 Å². The van der Waals surface area contributed by atoms with Crippen molar-refractivity contribution in [3.63, 3.8) is 0 Å². The van der Waals surface area contributed by atoms with Gasteiger partial charge in [-0.3, -0.25) is 14.9 Å². The van der Waals surface area contributed by atoms with E-state index in [0.717, 1.165) is 23.4 Å². The van der Waals surface area contributed by atoms with Gasteiger partial charge in [0.05, 0.1) is 5.69 Å². The van der Waals surface area contributed by atoms with Gasteiger partial charge in [0.2, 0.25) is 0 Å². The molecule has 1 fully saturated rings. The van der Waals surface area contributed by atoms with Crippen LogP contribution in [0, 0.1) is 0 Å². The van der Waals surface area contributed by atoms with Gasteiger partial charge in [-0.2, -0.15) is 5.10 Å². The van der Waals surface area contributed by atoms with E-state index in [-0.39, 0.29) is 5.91 Å². The molecule has 5 nitrogen and oxygen atoms in total. The van der Waals surface area contributed by atoms with Crippen LogP contribution in [-0.2, 0) is 6.42 Å². The average molecular weight is 296 g/mol. The van der Waals surface area contributed by atoms with E-state index in [1.54, 1.807) is 6.20 Å². The summed E-state index contributed by atoms with van der Waals surface area (Å²) in [5.41, 5.74) is 3.77. The normalized spacial score (nSPS) is 18.5. The maximum absolute atomic E-state index is 12.7. The molecule has 0 spiro atoms. The molecule has 22 heavy (non-hydrogen) atoms. The molecular formula is C17H20N4O. The van der Waals surface area contributed by atoms with Crippen LogP contribution in [0.3, 0.4) is 0 Å². The fourth-order valence-electron chi connectivity index (χ4n) is 3.65. The third-order valence-electron chi connectivity index (χ3n) is 4.88. The van der Waals surface area contributed by atoms with Crippen molar-refractivity contribution in [3.05, 3.63) is 41.5 Å². The molecule has 3 heterocycles. The average Bonchev–Trinajstić information content (AvgIpc) is 3.22. The van der Waals surface area contributed by atoms with Crippen molar-refractivity contribution in [1.29, 1.82) is 0 Å². The third-order valence-corrected chi connectivity index (χ3v) is 4.88. The van der Waals surface area contributed by atoms with Gasteiger partial charge in [0, 0.05) is 30.6 Å². The van der Waals surface area contributed by atoms with E-state index in [4.69, 9.17) is 0 Å². The lowest BCUT2D eigenvalue weighted by Gasteiger charge is -2.19. The minimum atomic E-state index is -0.0109. The molecule has 0 saturated heterocycles. The number of carbonyl (C=O) groups excluding carboxylic acids is 1. The Kier molecular flexibility index (Phi) is 3.41. The van der Waals surface area contributed by atoms with Gasteiger partial charge < -0.3 is 4.90 Å². The van der Waals surface area contributed by atoms with Gasteiger partial charge >= 0.3 is 0 Å². The Balaban J connectivity index is 1.55. The molecule has 1 aliphatic heterocycles. The first-order chi connectivity index (χ1) is 10.8. The number of fused-ring (bicyclic) bond motifs is 1. The second kappa shape index (κ2) is 5.55. The van der Waals surface area contributed by atoms with Gasteiger partial charge in [-0.05, 0) is 37.0 Å². The summed E-state index contributed by atoms with van der Waals surface area (Å²) in [6.45, 7) is 0.714. The molecule has 2 aromatic heterocycles. The molecule has 4 rings (SSSR count). The molecule has 0 bridgehead atoms. The van der Waals surface area contributed by atoms with Crippen molar-refractivity contribution in [1.82, 2.24) is 15.2 Å². The fraction of sp³-hybridized carbons (Fsp3) is 0.471. The molecule has 0 atom stereocenters. The number of rotatable bonds is 2. The minimum Gasteiger partial charge on any atom is -0.306 e. The van der Waals surface area contributed by atoms with E-state index in [1.165, 1.54) is 32.1 Å². The number of aromatic nitrogens is 3.